The van der Waals surface area contributed by atoms with Crippen LogP contribution in [0.2, 0.25) is 0 Å². The normalized spacial score (nSPS) is 27.4. The molecular formula is C21H21F2N3O. The van der Waals surface area contributed by atoms with E-state index in [0.29, 0.717) is 5.69 Å². The molecule has 2 fully saturated rings. The van der Waals surface area contributed by atoms with Crippen LogP contribution in [0.15, 0.2) is 24.3 Å². The number of halogens is 2. The maximum absolute atomic E-state index is 14.2. The molecule has 1 aromatic heterocycles. The van der Waals surface area contributed by atoms with Gasteiger partial charge >= 0.3 is 0 Å². The van der Waals surface area contributed by atoms with Crippen molar-refractivity contribution < 1.29 is 13.6 Å². The topological polar surface area (TPSA) is 46.1 Å². The Labute approximate surface area is 156 Å². The van der Waals surface area contributed by atoms with E-state index >= 15 is 0 Å². The summed E-state index contributed by atoms with van der Waals surface area (Å²) in [6.45, 7) is 5.83. The Kier molecular flexibility index (Phi) is 3.31. The number of rotatable bonds is 2. The van der Waals surface area contributed by atoms with Gasteiger partial charge in [0.2, 0.25) is 5.91 Å². The predicted octanol–water partition coefficient (Wildman–Crippen LogP) is 3.81. The van der Waals surface area contributed by atoms with Crippen LogP contribution in [0.3, 0.4) is 0 Å². The summed E-state index contributed by atoms with van der Waals surface area (Å²) in [6.07, 6.45) is 2.68. The van der Waals surface area contributed by atoms with Gasteiger partial charge in [-0.05, 0) is 54.4 Å². The summed E-state index contributed by atoms with van der Waals surface area (Å²) in [5.74, 6) is -1.03. The largest absolute Gasteiger partial charge is 0.342 e. The highest BCUT2D eigenvalue weighted by atomic mass is 19.1. The van der Waals surface area contributed by atoms with Crippen LogP contribution in [0.25, 0.3) is 11.3 Å². The standard InChI is InChI=1S/C21H21F2N3O/c1-20(2)13-7-8-21(20,19(27)26-9-4-10-26)18-12(13)11-16(24-25-18)17-14(22)5-3-6-15(17)23/h3,5-6,11,13H,4,7-10H2,1-2H3/t13-,21+/m0/s1. The highest BCUT2D eigenvalue weighted by Crippen LogP contribution is 2.68. The van der Waals surface area contributed by atoms with E-state index in [4.69, 9.17) is 0 Å². The monoisotopic (exact) mass is 369 g/mol. The van der Waals surface area contributed by atoms with E-state index in [-0.39, 0.29) is 28.5 Å². The lowest BCUT2D eigenvalue weighted by molar-refractivity contribution is -0.144. The third kappa shape index (κ3) is 1.93. The van der Waals surface area contributed by atoms with Gasteiger partial charge < -0.3 is 4.90 Å². The highest BCUT2D eigenvalue weighted by molar-refractivity contribution is 5.92. The number of aromatic nitrogens is 2. The molecule has 1 aromatic carbocycles. The Morgan fingerprint density at radius 1 is 1.19 bits per heavy atom. The molecule has 1 aliphatic heterocycles. The molecule has 3 aliphatic rings. The molecule has 2 bridgehead atoms. The second-order valence-corrected chi connectivity index (χ2v) is 8.49. The molecule has 6 heteroatoms. The maximum Gasteiger partial charge on any atom is 0.235 e. The summed E-state index contributed by atoms with van der Waals surface area (Å²) in [4.78, 5) is 15.3. The Hall–Kier alpha value is -2.37. The molecule has 27 heavy (non-hydrogen) atoms. The van der Waals surface area contributed by atoms with Crippen molar-refractivity contribution in [3.05, 3.63) is 47.2 Å². The van der Waals surface area contributed by atoms with Gasteiger partial charge in [-0.15, -0.1) is 5.10 Å². The molecule has 5 rings (SSSR count). The molecule has 1 saturated carbocycles. The first-order chi connectivity index (χ1) is 12.9. The number of amides is 1. The molecule has 2 aromatic rings. The Balaban J connectivity index is 1.67. The zero-order valence-electron chi connectivity index (χ0n) is 15.4. The fraction of sp³-hybridized carbons (Fsp3) is 0.476. The summed E-state index contributed by atoms with van der Waals surface area (Å²) in [5, 5.41) is 8.56. The van der Waals surface area contributed by atoms with Gasteiger partial charge in [0, 0.05) is 13.1 Å². The zero-order valence-corrected chi connectivity index (χ0v) is 15.4. The van der Waals surface area contributed by atoms with E-state index in [1.807, 2.05) is 4.90 Å². The third-order valence-corrected chi connectivity index (χ3v) is 7.11. The first-order valence-corrected chi connectivity index (χ1v) is 9.50. The van der Waals surface area contributed by atoms with Crippen molar-refractivity contribution in [3.63, 3.8) is 0 Å². The number of likely N-dealkylation sites (tertiary alicyclic amines) is 1. The summed E-state index contributed by atoms with van der Waals surface area (Å²) < 4.78 is 28.4. The zero-order chi connectivity index (χ0) is 19.0. The molecule has 140 valence electrons. The average Bonchev–Trinajstić information content (AvgIpc) is 2.95. The quantitative estimate of drug-likeness (QED) is 0.809. The second-order valence-electron chi connectivity index (χ2n) is 8.49. The van der Waals surface area contributed by atoms with E-state index in [1.165, 1.54) is 18.2 Å². The van der Waals surface area contributed by atoms with Crippen molar-refractivity contribution >= 4 is 5.91 Å². The molecule has 0 unspecified atom stereocenters. The van der Waals surface area contributed by atoms with Crippen LogP contribution in [-0.4, -0.2) is 34.1 Å². The average molecular weight is 369 g/mol. The lowest BCUT2D eigenvalue weighted by Gasteiger charge is -2.43. The minimum absolute atomic E-state index is 0.138. The Bertz CT molecular complexity index is 950. The van der Waals surface area contributed by atoms with E-state index in [0.717, 1.165) is 37.9 Å². The van der Waals surface area contributed by atoms with Crippen LogP contribution in [0.5, 0.6) is 0 Å². The summed E-state index contributed by atoms with van der Waals surface area (Å²) >= 11 is 0. The van der Waals surface area contributed by atoms with Crippen LogP contribution < -0.4 is 0 Å². The summed E-state index contributed by atoms with van der Waals surface area (Å²) in [6, 6.07) is 5.53. The van der Waals surface area contributed by atoms with E-state index in [9.17, 15) is 13.6 Å². The third-order valence-electron chi connectivity index (χ3n) is 7.11. The van der Waals surface area contributed by atoms with Gasteiger partial charge in [-0.1, -0.05) is 19.9 Å². The number of carbonyl (C=O) groups is 1. The van der Waals surface area contributed by atoms with Crippen LogP contribution in [0.4, 0.5) is 8.78 Å². The summed E-state index contributed by atoms with van der Waals surface area (Å²) in [7, 11) is 0. The number of benzene rings is 1. The van der Waals surface area contributed by atoms with Crippen LogP contribution >= 0.6 is 0 Å². The van der Waals surface area contributed by atoms with Gasteiger partial charge in [0.15, 0.2) is 0 Å². The summed E-state index contributed by atoms with van der Waals surface area (Å²) in [5.41, 5.74) is 0.709. The molecular weight excluding hydrogens is 348 g/mol. The van der Waals surface area contributed by atoms with Gasteiger partial charge in [0.05, 0.1) is 22.4 Å². The minimum Gasteiger partial charge on any atom is -0.342 e. The first-order valence-electron chi connectivity index (χ1n) is 9.50. The molecule has 1 amide bonds. The van der Waals surface area contributed by atoms with Crippen LogP contribution in [-0.2, 0) is 10.2 Å². The SMILES string of the molecule is CC1(C)[C@H]2CC[C@]1(C(=O)N1CCC1)c1nnc(-c3c(F)cccc3F)cc12. The van der Waals surface area contributed by atoms with E-state index in [2.05, 4.69) is 24.0 Å². The van der Waals surface area contributed by atoms with Gasteiger partial charge in [0.25, 0.3) is 0 Å². The van der Waals surface area contributed by atoms with Crippen LogP contribution in [0.1, 0.15) is 50.3 Å². The van der Waals surface area contributed by atoms with Crippen molar-refractivity contribution in [2.24, 2.45) is 5.41 Å². The molecule has 4 nitrogen and oxygen atoms in total. The van der Waals surface area contributed by atoms with Crippen LogP contribution in [0, 0.1) is 17.0 Å². The first kappa shape index (κ1) is 16.8. The highest BCUT2D eigenvalue weighted by Gasteiger charge is 2.68. The second kappa shape index (κ2) is 5.33. The molecule has 0 radical (unpaired) electrons. The van der Waals surface area contributed by atoms with E-state index in [1.54, 1.807) is 6.07 Å². The fourth-order valence-corrected chi connectivity index (χ4v) is 5.45. The predicted molar refractivity (Wildman–Crippen MR) is 96.0 cm³/mol. The van der Waals surface area contributed by atoms with Crippen molar-refractivity contribution in [3.8, 4) is 11.3 Å². The number of nitrogens with zero attached hydrogens (tertiary/aromatic N) is 3. The molecule has 0 N–H and O–H groups in total. The number of hydrogen-bond donors (Lipinski definition) is 0. The van der Waals surface area contributed by atoms with Gasteiger partial charge in [-0.2, -0.15) is 5.10 Å². The Morgan fingerprint density at radius 2 is 1.89 bits per heavy atom. The van der Waals surface area contributed by atoms with Gasteiger partial charge in [-0.25, -0.2) is 8.78 Å². The molecule has 2 atom stereocenters. The number of carbonyl (C=O) groups excluding carboxylic acids is 1. The minimum atomic E-state index is -0.674. The Morgan fingerprint density at radius 3 is 2.52 bits per heavy atom. The number of fused-ring (bicyclic) bond motifs is 5. The van der Waals surface area contributed by atoms with Crippen molar-refractivity contribution in [2.75, 3.05) is 13.1 Å². The molecule has 1 saturated heterocycles. The van der Waals surface area contributed by atoms with Crippen molar-refractivity contribution in [2.45, 2.75) is 44.4 Å². The van der Waals surface area contributed by atoms with Gasteiger partial charge in [-0.3, -0.25) is 4.79 Å². The lowest BCUT2D eigenvalue weighted by Crippen LogP contribution is -2.55. The number of hydrogen-bond acceptors (Lipinski definition) is 3. The van der Waals surface area contributed by atoms with Crippen molar-refractivity contribution in [1.82, 2.24) is 15.1 Å². The fourth-order valence-electron chi connectivity index (χ4n) is 5.45. The van der Waals surface area contributed by atoms with E-state index < -0.39 is 17.0 Å². The molecule has 2 heterocycles. The maximum atomic E-state index is 14.2. The van der Waals surface area contributed by atoms with Gasteiger partial charge in [0.1, 0.15) is 11.6 Å². The lowest BCUT2D eigenvalue weighted by atomic mass is 9.67. The van der Waals surface area contributed by atoms with Crippen molar-refractivity contribution in [1.29, 1.82) is 0 Å². The molecule has 0 spiro atoms. The molecule has 2 aliphatic carbocycles. The smallest absolute Gasteiger partial charge is 0.235 e.